The van der Waals surface area contributed by atoms with Crippen LogP contribution in [-0.2, 0) is 19.1 Å². The average Bonchev–Trinajstić information content (AvgIpc) is 3.06. The highest BCUT2D eigenvalue weighted by Crippen LogP contribution is 2.47. The molecule has 5 nitrogen and oxygen atoms in total. The van der Waals surface area contributed by atoms with E-state index in [9.17, 15) is 9.59 Å². The van der Waals surface area contributed by atoms with Crippen LogP contribution in [0.2, 0.25) is 0 Å². The van der Waals surface area contributed by atoms with Gasteiger partial charge in [0.2, 0.25) is 0 Å². The molecule has 6 atom stereocenters. The van der Waals surface area contributed by atoms with E-state index in [0.717, 1.165) is 25.7 Å². The van der Waals surface area contributed by atoms with E-state index in [1.807, 2.05) is 0 Å². The van der Waals surface area contributed by atoms with E-state index >= 15 is 0 Å². The first-order valence-corrected chi connectivity index (χ1v) is 10.0. The summed E-state index contributed by atoms with van der Waals surface area (Å²) in [7, 11) is 0. The molecule has 0 saturated carbocycles. The van der Waals surface area contributed by atoms with Gasteiger partial charge in [0.05, 0.1) is 18.8 Å². The fourth-order valence-electron chi connectivity index (χ4n) is 3.68. The number of rotatable bonds is 9. The summed E-state index contributed by atoms with van der Waals surface area (Å²) in [5.74, 6) is -0.332. The molecule has 2 aliphatic rings. The minimum absolute atomic E-state index is 0.203. The van der Waals surface area contributed by atoms with E-state index < -0.39 is 5.97 Å². The van der Waals surface area contributed by atoms with E-state index in [-0.39, 0.29) is 40.2 Å². The lowest BCUT2D eigenvalue weighted by Gasteiger charge is -2.30. The van der Waals surface area contributed by atoms with Gasteiger partial charge in [-0.25, -0.2) is 0 Å². The molecule has 23 heavy (non-hydrogen) atoms. The van der Waals surface area contributed by atoms with Crippen molar-refractivity contribution in [2.75, 3.05) is 6.61 Å². The standard InChI is InChI=1S/C16H24Br2O5/c1-9(19)22-8-11-10(14-5-6-15(11)23-14)7-13(18)12(17)3-2-4-16(20)21/h10-15H,2-8H2,1H3,(H,20,21)/t10-,11+,12?,13?,14-,15+/m1/s1. The third kappa shape index (κ3) is 5.43. The van der Waals surface area contributed by atoms with Gasteiger partial charge in [-0.2, -0.15) is 0 Å². The summed E-state index contributed by atoms with van der Waals surface area (Å²) in [6, 6.07) is 0. The summed E-state index contributed by atoms with van der Waals surface area (Å²) in [6.45, 7) is 1.88. The Hall–Kier alpha value is -0.140. The summed E-state index contributed by atoms with van der Waals surface area (Å²) in [6.07, 6.45) is 5.23. The smallest absolute Gasteiger partial charge is 0.303 e. The summed E-state index contributed by atoms with van der Waals surface area (Å²) in [5.41, 5.74) is 0. The van der Waals surface area contributed by atoms with Gasteiger partial charge in [-0.05, 0) is 38.0 Å². The highest BCUT2D eigenvalue weighted by Gasteiger charge is 2.49. The Kier molecular flexibility index (Phi) is 7.35. The maximum atomic E-state index is 11.1. The zero-order valence-electron chi connectivity index (χ0n) is 13.2. The summed E-state index contributed by atoms with van der Waals surface area (Å²) < 4.78 is 11.2. The first-order valence-electron chi connectivity index (χ1n) is 8.17. The highest BCUT2D eigenvalue weighted by atomic mass is 79.9. The number of ether oxygens (including phenoxy) is 2. The molecule has 132 valence electrons. The minimum Gasteiger partial charge on any atom is -0.481 e. The Labute approximate surface area is 153 Å². The van der Waals surface area contributed by atoms with Crippen molar-refractivity contribution in [1.29, 1.82) is 0 Å². The lowest BCUT2D eigenvalue weighted by Crippen LogP contribution is -2.34. The Balaban J connectivity index is 1.83. The van der Waals surface area contributed by atoms with Crippen LogP contribution in [0.1, 0.15) is 45.4 Å². The topological polar surface area (TPSA) is 72.8 Å². The van der Waals surface area contributed by atoms with Crippen LogP contribution in [0.4, 0.5) is 0 Å². The molecule has 2 aliphatic heterocycles. The molecule has 0 aliphatic carbocycles. The van der Waals surface area contributed by atoms with Gasteiger partial charge in [-0.1, -0.05) is 31.9 Å². The molecule has 2 bridgehead atoms. The number of carboxylic acids is 1. The highest BCUT2D eigenvalue weighted by molar-refractivity contribution is 9.12. The predicted octanol–water partition coefficient (Wildman–Crippen LogP) is 3.52. The van der Waals surface area contributed by atoms with Crippen molar-refractivity contribution in [2.24, 2.45) is 11.8 Å². The number of esters is 1. The molecule has 0 spiro atoms. The Morgan fingerprint density at radius 1 is 1.22 bits per heavy atom. The van der Waals surface area contributed by atoms with E-state index in [1.165, 1.54) is 6.92 Å². The molecule has 0 aromatic rings. The van der Waals surface area contributed by atoms with Gasteiger partial charge >= 0.3 is 11.9 Å². The van der Waals surface area contributed by atoms with Crippen molar-refractivity contribution in [3.63, 3.8) is 0 Å². The van der Waals surface area contributed by atoms with Crippen molar-refractivity contribution in [1.82, 2.24) is 0 Å². The van der Waals surface area contributed by atoms with E-state index in [0.29, 0.717) is 18.9 Å². The van der Waals surface area contributed by atoms with E-state index in [2.05, 4.69) is 31.9 Å². The van der Waals surface area contributed by atoms with Crippen LogP contribution in [0, 0.1) is 11.8 Å². The lowest BCUT2D eigenvalue weighted by atomic mass is 9.77. The number of hydrogen-bond acceptors (Lipinski definition) is 4. The minimum atomic E-state index is -0.751. The average molecular weight is 456 g/mol. The molecule has 2 heterocycles. The van der Waals surface area contributed by atoms with Gasteiger partial charge < -0.3 is 14.6 Å². The second-order valence-electron chi connectivity index (χ2n) is 6.47. The van der Waals surface area contributed by atoms with Crippen LogP contribution < -0.4 is 0 Å². The van der Waals surface area contributed by atoms with Crippen LogP contribution in [0.15, 0.2) is 0 Å². The molecular formula is C16H24Br2O5. The third-order valence-electron chi connectivity index (χ3n) is 4.83. The molecule has 2 fully saturated rings. The lowest BCUT2D eigenvalue weighted by molar-refractivity contribution is -0.143. The number of carboxylic acid groups (broad SMARTS) is 1. The third-order valence-corrected chi connectivity index (χ3v) is 7.65. The van der Waals surface area contributed by atoms with E-state index in [1.54, 1.807) is 0 Å². The Morgan fingerprint density at radius 3 is 2.48 bits per heavy atom. The van der Waals surface area contributed by atoms with Crippen molar-refractivity contribution in [2.45, 2.75) is 67.3 Å². The second-order valence-corrected chi connectivity index (χ2v) is 8.83. The Morgan fingerprint density at radius 2 is 1.87 bits per heavy atom. The van der Waals surface area contributed by atoms with Gasteiger partial charge in [0.1, 0.15) is 0 Å². The van der Waals surface area contributed by atoms with Crippen molar-refractivity contribution < 1.29 is 24.2 Å². The van der Waals surface area contributed by atoms with Gasteiger partial charge in [-0.3, -0.25) is 9.59 Å². The molecule has 2 saturated heterocycles. The maximum absolute atomic E-state index is 11.1. The van der Waals surface area contributed by atoms with Gasteiger partial charge in [0.15, 0.2) is 0 Å². The fourth-order valence-corrected chi connectivity index (χ4v) is 4.91. The molecule has 7 heteroatoms. The number of hydrogen-bond donors (Lipinski definition) is 1. The normalized spacial score (nSPS) is 31.8. The molecule has 2 rings (SSSR count). The molecule has 1 N–H and O–H groups in total. The number of carbonyl (C=O) groups is 2. The van der Waals surface area contributed by atoms with Crippen LogP contribution in [0.5, 0.6) is 0 Å². The van der Waals surface area contributed by atoms with Crippen molar-refractivity contribution >= 4 is 43.8 Å². The molecule has 2 unspecified atom stereocenters. The molecular weight excluding hydrogens is 432 g/mol. The number of alkyl halides is 2. The summed E-state index contributed by atoms with van der Waals surface area (Å²) >= 11 is 7.41. The monoisotopic (exact) mass is 454 g/mol. The molecule has 0 aromatic carbocycles. The maximum Gasteiger partial charge on any atom is 0.303 e. The first-order chi connectivity index (χ1) is 10.9. The largest absolute Gasteiger partial charge is 0.481 e. The Bertz CT molecular complexity index is 431. The fraction of sp³-hybridized carbons (Fsp3) is 0.875. The number of halogens is 2. The van der Waals surface area contributed by atoms with Crippen LogP contribution in [0.3, 0.4) is 0 Å². The predicted molar refractivity (Wildman–Crippen MR) is 93.0 cm³/mol. The van der Waals surface area contributed by atoms with Crippen molar-refractivity contribution in [3.8, 4) is 0 Å². The van der Waals surface area contributed by atoms with Gasteiger partial charge in [-0.15, -0.1) is 0 Å². The molecule has 0 aromatic heterocycles. The van der Waals surface area contributed by atoms with Gasteiger partial charge in [0.25, 0.3) is 0 Å². The van der Waals surface area contributed by atoms with Crippen LogP contribution in [-0.4, -0.2) is 45.5 Å². The van der Waals surface area contributed by atoms with Crippen LogP contribution in [0.25, 0.3) is 0 Å². The zero-order valence-corrected chi connectivity index (χ0v) is 16.4. The molecule has 0 radical (unpaired) electrons. The number of fused-ring (bicyclic) bond motifs is 2. The second kappa shape index (κ2) is 8.81. The van der Waals surface area contributed by atoms with Crippen LogP contribution >= 0.6 is 31.9 Å². The van der Waals surface area contributed by atoms with Crippen molar-refractivity contribution in [3.05, 3.63) is 0 Å². The SMILES string of the molecule is CC(=O)OC[C@H]1[C@@H](CC(Br)C(Br)CCCC(=O)O)[C@H]2CC[C@@H]1O2. The number of aliphatic carboxylic acids is 1. The number of carbonyl (C=O) groups excluding carboxylic acids is 1. The molecule has 0 amide bonds. The van der Waals surface area contributed by atoms with Gasteiger partial charge in [0, 0.05) is 28.9 Å². The van der Waals surface area contributed by atoms with E-state index in [4.69, 9.17) is 14.6 Å². The summed E-state index contributed by atoms with van der Waals surface area (Å²) in [5, 5.41) is 8.72. The zero-order chi connectivity index (χ0) is 17.0. The summed E-state index contributed by atoms with van der Waals surface area (Å²) in [4.78, 5) is 22.2. The first kappa shape index (κ1) is 19.2. The quantitative estimate of drug-likeness (QED) is 0.425.